The normalized spacial score (nSPS) is 12.3. The van der Waals surface area contributed by atoms with Crippen LogP contribution in [0.4, 0.5) is 10.1 Å². The minimum atomic E-state index is -0.261. The molecule has 1 unspecified atom stereocenters. The third-order valence-corrected chi connectivity index (χ3v) is 4.24. The molecule has 1 atom stereocenters. The number of hydrogen-bond donors (Lipinski definition) is 1. The van der Waals surface area contributed by atoms with Crippen LogP contribution in [0, 0.1) is 5.82 Å². The van der Waals surface area contributed by atoms with Crippen molar-refractivity contribution >= 4 is 49.1 Å². The van der Waals surface area contributed by atoms with Crippen LogP contribution in [-0.4, -0.2) is 0 Å². The van der Waals surface area contributed by atoms with E-state index in [1.807, 2.05) is 25.1 Å². The van der Waals surface area contributed by atoms with Crippen molar-refractivity contribution in [3.8, 4) is 0 Å². The second-order valence-corrected chi connectivity index (χ2v) is 6.33. The quantitative estimate of drug-likeness (QED) is 0.641. The van der Waals surface area contributed by atoms with Gasteiger partial charge >= 0.3 is 0 Å². The van der Waals surface area contributed by atoms with Gasteiger partial charge in [0.25, 0.3) is 0 Å². The van der Waals surface area contributed by atoms with E-state index in [0.29, 0.717) is 5.02 Å². The Morgan fingerprint density at radius 2 is 1.89 bits per heavy atom. The van der Waals surface area contributed by atoms with Gasteiger partial charge in [0, 0.05) is 15.0 Å². The largest absolute Gasteiger partial charge is 0.377 e. The van der Waals surface area contributed by atoms with Gasteiger partial charge in [-0.3, -0.25) is 0 Å². The number of nitrogens with one attached hydrogen (secondary N) is 1. The van der Waals surface area contributed by atoms with Crippen LogP contribution in [0.25, 0.3) is 0 Å². The summed E-state index contributed by atoms with van der Waals surface area (Å²) < 4.78 is 14.8. The van der Waals surface area contributed by atoms with E-state index in [1.54, 1.807) is 6.07 Å². The molecule has 5 heteroatoms. The van der Waals surface area contributed by atoms with Crippen LogP contribution < -0.4 is 5.32 Å². The average molecular weight is 408 g/mol. The fourth-order valence-electron chi connectivity index (χ4n) is 1.77. The van der Waals surface area contributed by atoms with Crippen LogP contribution >= 0.6 is 43.5 Å². The number of anilines is 1. The van der Waals surface area contributed by atoms with Crippen molar-refractivity contribution in [2.45, 2.75) is 13.0 Å². The Hall–Kier alpha value is -0.580. The molecule has 2 aromatic carbocycles. The highest BCUT2D eigenvalue weighted by Gasteiger charge is 2.11. The van der Waals surface area contributed by atoms with Gasteiger partial charge in [-0.05, 0) is 42.8 Å². The molecule has 0 aliphatic rings. The third-order valence-electron chi connectivity index (χ3n) is 2.73. The molecule has 0 aliphatic carbocycles. The molecular formula is C14H11Br2ClFN. The highest BCUT2D eigenvalue weighted by molar-refractivity contribution is 9.10. The second-order valence-electron chi connectivity index (χ2n) is 4.16. The Morgan fingerprint density at radius 1 is 1.16 bits per heavy atom. The molecule has 0 aliphatic heterocycles. The van der Waals surface area contributed by atoms with Gasteiger partial charge in [-0.1, -0.05) is 49.5 Å². The maximum atomic E-state index is 13.1. The fraction of sp³-hybridized carbons (Fsp3) is 0.143. The van der Waals surface area contributed by atoms with Crippen molar-refractivity contribution in [2.24, 2.45) is 0 Å². The molecule has 100 valence electrons. The Labute approximate surface area is 133 Å². The topological polar surface area (TPSA) is 12.0 Å². The predicted octanol–water partition coefficient (Wildman–Crippen LogP) is 6.18. The minimum Gasteiger partial charge on any atom is -0.377 e. The number of benzene rings is 2. The van der Waals surface area contributed by atoms with Crippen LogP contribution in [0.2, 0.25) is 5.02 Å². The monoisotopic (exact) mass is 405 g/mol. The molecule has 0 bridgehead atoms. The van der Waals surface area contributed by atoms with E-state index in [2.05, 4.69) is 37.2 Å². The summed E-state index contributed by atoms with van der Waals surface area (Å²) in [7, 11) is 0. The average Bonchev–Trinajstić information content (AvgIpc) is 2.33. The summed E-state index contributed by atoms with van der Waals surface area (Å²) in [5.41, 5.74) is 1.80. The second kappa shape index (κ2) is 6.25. The Morgan fingerprint density at radius 3 is 2.58 bits per heavy atom. The van der Waals surface area contributed by atoms with Crippen LogP contribution in [-0.2, 0) is 0 Å². The molecule has 1 N–H and O–H groups in total. The summed E-state index contributed by atoms with van der Waals surface area (Å²) in [5, 5.41) is 3.96. The molecule has 0 radical (unpaired) electrons. The van der Waals surface area contributed by atoms with Gasteiger partial charge in [-0.2, -0.15) is 0 Å². The highest BCUT2D eigenvalue weighted by Crippen LogP contribution is 2.31. The maximum absolute atomic E-state index is 13.1. The maximum Gasteiger partial charge on any atom is 0.124 e. The van der Waals surface area contributed by atoms with Crippen molar-refractivity contribution < 1.29 is 4.39 Å². The highest BCUT2D eigenvalue weighted by atomic mass is 79.9. The molecular weight excluding hydrogens is 396 g/mol. The summed E-state index contributed by atoms with van der Waals surface area (Å²) in [5.74, 6) is -0.261. The molecule has 0 amide bonds. The lowest BCUT2D eigenvalue weighted by Gasteiger charge is -2.18. The van der Waals surface area contributed by atoms with Gasteiger partial charge in [-0.15, -0.1) is 0 Å². The summed E-state index contributed by atoms with van der Waals surface area (Å²) >= 11 is 12.9. The van der Waals surface area contributed by atoms with E-state index >= 15 is 0 Å². The van der Waals surface area contributed by atoms with E-state index in [9.17, 15) is 4.39 Å². The molecule has 0 heterocycles. The lowest BCUT2D eigenvalue weighted by molar-refractivity contribution is 0.625. The van der Waals surface area contributed by atoms with Gasteiger partial charge in [0.2, 0.25) is 0 Å². The van der Waals surface area contributed by atoms with Gasteiger partial charge in [0.05, 0.1) is 10.7 Å². The number of rotatable bonds is 3. The van der Waals surface area contributed by atoms with Gasteiger partial charge in [-0.25, -0.2) is 4.39 Å². The van der Waals surface area contributed by atoms with Crippen LogP contribution in [0.3, 0.4) is 0 Å². The summed E-state index contributed by atoms with van der Waals surface area (Å²) in [6.07, 6.45) is 0. The predicted molar refractivity (Wildman–Crippen MR) is 85.3 cm³/mol. The number of halogens is 4. The SMILES string of the molecule is CC(Nc1cc(Br)ccc1Cl)c1ccc(F)cc1Br. The van der Waals surface area contributed by atoms with Crippen molar-refractivity contribution in [1.29, 1.82) is 0 Å². The van der Waals surface area contributed by atoms with E-state index in [0.717, 1.165) is 20.2 Å². The zero-order chi connectivity index (χ0) is 14.0. The van der Waals surface area contributed by atoms with Crippen LogP contribution in [0.5, 0.6) is 0 Å². The van der Waals surface area contributed by atoms with Crippen molar-refractivity contribution in [1.82, 2.24) is 0 Å². The van der Waals surface area contributed by atoms with E-state index in [-0.39, 0.29) is 11.9 Å². The minimum absolute atomic E-state index is 0.00164. The van der Waals surface area contributed by atoms with Crippen LogP contribution in [0.15, 0.2) is 45.3 Å². The third kappa shape index (κ3) is 3.71. The lowest BCUT2D eigenvalue weighted by Crippen LogP contribution is -2.08. The standard InChI is InChI=1S/C14H11Br2ClFN/c1-8(11-4-3-10(18)7-12(11)16)19-14-6-9(15)2-5-13(14)17/h2-8,19H,1H3. The fourth-order valence-corrected chi connectivity index (χ4v) is 3.00. The molecule has 1 nitrogen and oxygen atoms in total. The summed E-state index contributed by atoms with van der Waals surface area (Å²) in [6.45, 7) is 2.00. The first kappa shape index (κ1) is 14.8. The molecule has 19 heavy (non-hydrogen) atoms. The Kier molecular flexibility index (Phi) is 4.87. The zero-order valence-electron chi connectivity index (χ0n) is 10.1. The molecule has 0 saturated carbocycles. The Bertz CT molecular complexity index is 604. The van der Waals surface area contributed by atoms with Crippen molar-refractivity contribution in [3.05, 3.63) is 61.7 Å². The van der Waals surface area contributed by atoms with E-state index < -0.39 is 0 Å². The number of hydrogen-bond acceptors (Lipinski definition) is 1. The summed E-state index contributed by atoms with van der Waals surface area (Å²) in [6, 6.07) is 10.3. The molecule has 2 aromatic rings. The molecule has 0 spiro atoms. The van der Waals surface area contributed by atoms with E-state index in [4.69, 9.17) is 11.6 Å². The van der Waals surface area contributed by atoms with E-state index in [1.165, 1.54) is 12.1 Å². The lowest BCUT2D eigenvalue weighted by atomic mass is 10.1. The molecule has 0 saturated heterocycles. The van der Waals surface area contributed by atoms with Gasteiger partial charge in [0.1, 0.15) is 5.82 Å². The molecule has 2 rings (SSSR count). The van der Waals surface area contributed by atoms with Crippen molar-refractivity contribution in [3.63, 3.8) is 0 Å². The molecule has 0 fully saturated rings. The van der Waals surface area contributed by atoms with Crippen molar-refractivity contribution in [2.75, 3.05) is 5.32 Å². The molecule has 0 aromatic heterocycles. The van der Waals surface area contributed by atoms with Gasteiger partial charge in [0.15, 0.2) is 0 Å². The first-order valence-corrected chi connectivity index (χ1v) is 7.60. The first-order valence-electron chi connectivity index (χ1n) is 5.64. The zero-order valence-corrected chi connectivity index (χ0v) is 14.0. The summed E-state index contributed by atoms with van der Waals surface area (Å²) in [4.78, 5) is 0. The van der Waals surface area contributed by atoms with Gasteiger partial charge < -0.3 is 5.32 Å². The van der Waals surface area contributed by atoms with Crippen LogP contribution in [0.1, 0.15) is 18.5 Å². The smallest absolute Gasteiger partial charge is 0.124 e. The first-order chi connectivity index (χ1) is 8.97. The Balaban J connectivity index is 2.25.